The number of ether oxygens (including phenoxy) is 1. The number of hydrogen-bond acceptors (Lipinski definition) is 4. The Labute approximate surface area is 127 Å². The van der Waals surface area contributed by atoms with Crippen molar-refractivity contribution >= 4 is 5.91 Å². The standard InChI is InChI=1S/C16H27N3O2/c1-12(2)14(8-9-17)5-6-15(20)18-10-13-4-7-16(21-3)19-11-13/h4,7,11-12,14H,5-6,8-10,17H2,1-3H3,(H,18,20). The van der Waals surface area contributed by atoms with Gasteiger partial charge in [-0.3, -0.25) is 4.79 Å². The SMILES string of the molecule is COc1ccc(CNC(=O)CCC(CCN)C(C)C)cn1. The van der Waals surface area contributed by atoms with Crippen molar-refractivity contribution in [2.45, 2.75) is 39.7 Å². The van der Waals surface area contributed by atoms with Gasteiger partial charge in [-0.2, -0.15) is 0 Å². The summed E-state index contributed by atoms with van der Waals surface area (Å²) in [6.45, 7) is 5.55. The summed E-state index contributed by atoms with van der Waals surface area (Å²) in [4.78, 5) is 16.0. The molecule has 0 aliphatic rings. The minimum Gasteiger partial charge on any atom is -0.481 e. The van der Waals surface area contributed by atoms with Gasteiger partial charge in [0.2, 0.25) is 11.8 Å². The first-order valence-corrected chi connectivity index (χ1v) is 7.52. The van der Waals surface area contributed by atoms with Gasteiger partial charge >= 0.3 is 0 Å². The highest BCUT2D eigenvalue weighted by molar-refractivity contribution is 5.75. The Bertz CT molecular complexity index is 418. The Kier molecular flexibility index (Phi) is 7.75. The third kappa shape index (κ3) is 6.58. The number of nitrogens with one attached hydrogen (secondary N) is 1. The molecule has 1 heterocycles. The number of nitrogens with two attached hydrogens (primary N) is 1. The first-order valence-electron chi connectivity index (χ1n) is 7.52. The molecule has 1 atom stereocenters. The monoisotopic (exact) mass is 293 g/mol. The van der Waals surface area contributed by atoms with E-state index in [1.165, 1.54) is 0 Å². The van der Waals surface area contributed by atoms with Crippen LogP contribution in [0.25, 0.3) is 0 Å². The van der Waals surface area contributed by atoms with Gasteiger partial charge in [-0.05, 0) is 36.8 Å². The fourth-order valence-corrected chi connectivity index (χ4v) is 2.27. The number of carbonyl (C=O) groups excluding carboxylic acids is 1. The highest BCUT2D eigenvalue weighted by Gasteiger charge is 2.14. The van der Waals surface area contributed by atoms with Gasteiger partial charge in [0.25, 0.3) is 0 Å². The van der Waals surface area contributed by atoms with Gasteiger partial charge in [-0.25, -0.2) is 4.98 Å². The van der Waals surface area contributed by atoms with Crippen LogP contribution in [0.2, 0.25) is 0 Å². The number of hydrogen-bond donors (Lipinski definition) is 2. The molecule has 0 saturated carbocycles. The molecule has 118 valence electrons. The van der Waals surface area contributed by atoms with Gasteiger partial charge in [0.15, 0.2) is 0 Å². The molecule has 1 amide bonds. The van der Waals surface area contributed by atoms with E-state index in [2.05, 4.69) is 24.1 Å². The molecule has 0 bridgehead atoms. The van der Waals surface area contributed by atoms with Crippen molar-refractivity contribution < 1.29 is 9.53 Å². The molecule has 0 fully saturated rings. The van der Waals surface area contributed by atoms with E-state index >= 15 is 0 Å². The van der Waals surface area contributed by atoms with Crippen LogP contribution in [0, 0.1) is 11.8 Å². The third-order valence-corrected chi connectivity index (χ3v) is 3.72. The molecule has 1 aromatic heterocycles. The lowest BCUT2D eigenvalue weighted by Crippen LogP contribution is -2.24. The summed E-state index contributed by atoms with van der Waals surface area (Å²) in [6, 6.07) is 3.69. The quantitative estimate of drug-likeness (QED) is 0.731. The van der Waals surface area contributed by atoms with E-state index in [1.807, 2.05) is 6.07 Å². The molecule has 1 rings (SSSR count). The van der Waals surface area contributed by atoms with Crippen LogP contribution in [0.5, 0.6) is 5.88 Å². The lowest BCUT2D eigenvalue weighted by molar-refractivity contribution is -0.121. The number of methoxy groups -OCH3 is 1. The summed E-state index contributed by atoms with van der Waals surface area (Å²) in [7, 11) is 1.58. The largest absolute Gasteiger partial charge is 0.481 e. The maximum atomic E-state index is 11.9. The molecule has 0 radical (unpaired) electrons. The fraction of sp³-hybridized carbons (Fsp3) is 0.625. The lowest BCUT2D eigenvalue weighted by Gasteiger charge is -2.19. The van der Waals surface area contributed by atoms with Crippen molar-refractivity contribution in [3.8, 4) is 5.88 Å². The number of pyridine rings is 1. The predicted molar refractivity (Wildman–Crippen MR) is 83.9 cm³/mol. The predicted octanol–water partition coefficient (Wildman–Crippen LogP) is 2.11. The molecule has 5 heteroatoms. The van der Waals surface area contributed by atoms with Crippen LogP contribution in [-0.2, 0) is 11.3 Å². The minimum atomic E-state index is 0.0773. The van der Waals surface area contributed by atoms with Gasteiger partial charge in [0.05, 0.1) is 7.11 Å². The third-order valence-electron chi connectivity index (χ3n) is 3.72. The highest BCUT2D eigenvalue weighted by atomic mass is 16.5. The molecule has 0 aliphatic carbocycles. The molecule has 21 heavy (non-hydrogen) atoms. The number of rotatable bonds is 9. The van der Waals surface area contributed by atoms with Crippen molar-refractivity contribution in [2.75, 3.05) is 13.7 Å². The zero-order valence-corrected chi connectivity index (χ0v) is 13.3. The van der Waals surface area contributed by atoms with Crippen LogP contribution in [-0.4, -0.2) is 24.5 Å². The van der Waals surface area contributed by atoms with Crippen LogP contribution in [0.4, 0.5) is 0 Å². The van der Waals surface area contributed by atoms with Crippen molar-refractivity contribution in [2.24, 2.45) is 17.6 Å². The molecule has 1 aromatic rings. The van der Waals surface area contributed by atoms with Gasteiger partial charge < -0.3 is 15.8 Å². The first kappa shape index (κ1) is 17.4. The number of nitrogens with zero attached hydrogens (tertiary/aromatic N) is 1. The normalized spacial score (nSPS) is 12.2. The maximum Gasteiger partial charge on any atom is 0.220 e. The number of amides is 1. The average Bonchev–Trinajstić information content (AvgIpc) is 2.49. The topological polar surface area (TPSA) is 77.2 Å². The van der Waals surface area contributed by atoms with E-state index in [0.29, 0.717) is 37.2 Å². The molecular weight excluding hydrogens is 266 g/mol. The Morgan fingerprint density at radius 1 is 1.38 bits per heavy atom. The molecule has 5 nitrogen and oxygen atoms in total. The van der Waals surface area contributed by atoms with Crippen LogP contribution in [0.1, 0.15) is 38.7 Å². The average molecular weight is 293 g/mol. The second kappa shape index (κ2) is 9.34. The Morgan fingerprint density at radius 3 is 2.67 bits per heavy atom. The van der Waals surface area contributed by atoms with Gasteiger partial charge in [-0.15, -0.1) is 0 Å². The van der Waals surface area contributed by atoms with Gasteiger partial charge in [0.1, 0.15) is 0 Å². The van der Waals surface area contributed by atoms with E-state index in [0.717, 1.165) is 18.4 Å². The van der Waals surface area contributed by atoms with E-state index in [1.54, 1.807) is 19.4 Å². The molecule has 3 N–H and O–H groups in total. The first-order chi connectivity index (χ1) is 10.1. The second-order valence-corrected chi connectivity index (χ2v) is 5.61. The summed E-state index contributed by atoms with van der Waals surface area (Å²) in [5, 5.41) is 2.92. The Morgan fingerprint density at radius 2 is 2.14 bits per heavy atom. The summed E-state index contributed by atoms with van der Waals surface area (Å²) >= 11 is 0. The number of aromatic nitrogens is 1. The van der Waals surface area contributed by atoms with E-state index < -0.39 is 0 Å². The van der Waals surface area contributed by atoms with Crippen molar-refractivity contribution in [1.82, 2.24) is 10.3 Å². The van der Waals surface area contributed by atoms with E-state index in [-0.39, 0.29) is 5.91 Å². The maximum absolute atomic E-state index is 11.9. The molecule has 1 unspecified atom stereocenters. The smallest absolute Gasteiger partial charge is 0.220 e. The minimum absolute atomic E-state index is 0.0773. The van der Waals surface area contributed by atoms with Gasteiger partial charge in [0, 0.05) is 25.2 Å². The summed E-state index contributed by atoms with van der Waals surface area (Å²) in [5.74, 6) is 1.73. The zero-order valence-electron chi connectivity index (χ0n) is 13.3. The molecule has 0 spiro atoms. The second-order valence-electron chi connectivity index (χ2n) is 5.61. The van der Waals surface area contributed by atoms with Crippen LogP contribution < -0.4 is 15.8 Å². The van der Waals surface area contributed by atoms with Crippen molar-refractivity contribution in [3.05, 3.63) is 23.9 Å². The highest BCUT2D eigenvalue weighted by Crippen LogP contribution is 2.20. The molecule has 0 aliphatic heterocycles. The van der Waals surface area contributed by atoms with E-state index in [9.17, 15) is 4.79 Å². The summed E-state index contributed by atoms with van der Waals surface area (Å²) < 4.78 is 5.00. The number of carbonyl (C=O) groups is 1. The van der Waals surface area contributed by atoms with E-state index in [4.69, 9.17) is 10.5 Å². The fourth-order valence-electron chi connectivity index (χ4n) is 2.27. The summed E-state index contributed by atoms with van der Waals surface area (Å²) in [6.07, 6.45) is 4.13. The van der Waals surface area contributed by atoms with Crippen LogP contribution in [0.15, 0.2) is 18.3 Å². The summed E-state index contributed by atoms with van der Waals surface area (Å²) in [5.41, 5.74) is 6.58. The molecule has 0 aromatic carbocycles. The Balaban J connectivity index is 2.32. The lowest BCUT2D eigenvalue weighted by atomic mass is 9.88. The van der Waals surface area contributed by atoms with Crippen molar-refractivity contribution in [1.29, 1.82) is 0 Å². The van der Waals surface area contributed by atoms with Gasteiger partial charge in [-0.1, -0.05) is 19.9 Å². The van der Waals surface area contributed by atoms with Crippen LogP contribution in [0.3, 0.4) is 0 Å². The zero-order chi connectivity index (χ0) is 15.7. The molecule has 0 saturated heterocycles. The van der Waals surface area contributed by atoms with Crippen LogP contribution >= 0.6 is 0 Å². The molecular formula is C16H27N3O2. The Hall–Kier alpha value is -1.62. The van der Waals surface area contributed by atoms with Crippen molar-refractivity contribution in [3.63, 3.8) is 0 Å².